The van der Waals surface area contributed by atoms with Gasteiger partial charge in [0.2, 0.25) is 0 Å². The molecule has 1 heterocycles. The summed E-state index contributed by atoms with van der Waals surface area (Å²) in [6.45, 7) is 1.87. The maximum atomic E-state index is 13.5. The van der Waals surface area contributed by atoms with Crippen LogP contribution in [-0.2, 0) is 6.42 Å². The molecule has 0 radical (unpaired) electrons. The van der Waals surface area contributed by atoms with E-state index in [1.807, 2.05) is 12.3 Å². The second-order valence-electron chi connectivity index (χ2n) is 3.58. The molecular weight excluding hydrogens is 305 g/mol. The number of benzene rings is 1. The third-order valence-electron chi connectivity index (χ3n) is 2.24. The number of hydrogen-bond acceptors (Lipinski definition) is 3. The van der Waals surface area contributed by atoms with Crippen LogP contribution in [0.2, 0.25) is 0 Å². The highest BCUT2D eigenvalue weighted by Gasteiger charge is 2.13. The molecule has 0 aliphatic carbocycles. The highest BCUT2D eigenvalue weighted by molar-refractivity contribution is 9.10. The minimum atomic E-state index is -0.503. The van der Waals surface area contributed by atoms with Gasteiger partial charge in [-0.3, -0.25) is 4.79 Å². The average Bonchev–Trinajstić information content (AvgIpc) is 2.63. The van der Waals surface area contributed by atoms with Crippen molar-refractivity contribution in [1.82, 2.24) is 4.98 Å². The Hall–Kier alpha value is -1.07. The fourth-order valence-corrected chi connectivity index (χ4v) is 2.41. The molecule has 17 heavy (non-hydrogen) atoms. The Bertz CT molecular complexity index is 567. The second kappa shape index (κ2) is 5.06. The predicted molar refractivity (Wildman–Crippen MR) is 69.0 cm³/mol. The molecule has 0 spiro atoms. The first-order valence-electron chi connectivity index (χ1n) is 4.95. The van der Waals surface area contributed by atoms with Gasteiger partial charge >= 0.3 is 0 Å². The Kier molecular flexibility index (Phi) is 3.69. The Morgan fingerprint density at radius 2 is 2.29 bits per heavy atom. The summed E-state index contributed by atoms with van der Waals surface area (Å²) in [6.07, 6.45) is 0.142. The van der Waals surface area contributed by atoms with Crippen LogP contribution in [0.4, 0.5) is 4.39 Å². The SMILES string of the molecule is Cc1nc(CC(=O)c2ccc(Br)cc2F)cs1. The molecule has 88 valence electrons. The number of rotatable bonds is 3. The van der Waals surface area contributed by atoms with Gasteiger partial charge in [0.25, 0.3) is 0 Å². The molecule has 0 N–H and O–H groups in total. The van der Waals surface area contributed by atoms with Crippen LogP contribution in [0, 0.1) is 12.7 Å². The van der Waals surface area contributed by atoms with Gasteiger partial charge in [0.15, 0.2) is 5.78 Å². The van der Waals surface area contributed by atoms with Crippen molar-refractivity contribution in [3.05, 3.63) is 50.1 Å². The first kappa shape index (κ1) is 12.4. The number of Topliss-reactive ketones (excluding diaryl/α,β-unsaturated/α-hetero) is 1. The summed E-state index contributed by atoms with van der Waals surface area (Å²) >= 11 is 4.64. The van der Waals surface area contributed by atoms with E-state index in [2.05, 4.69) is 20.9 Å². The predicted octanol–water partition coefficient (Wildman–Crippen LogP) is 3.78. The summed E-state index contributed by atoms with van der Waals surface area (Å²) in [4.78, 5) is 16.1. The molecular formula is C12H9BrFNOS. The zero-order valence-corrected chi connectivity index (χ0v) is 11.4. The van der Waals surface area contributed by atoms with Gasteiger partial charge in [-0.1, -0.05) is 15.9 Å². The number of ketones is 1. The van der Waals surface area contributed by atoms with Gasteiger partial charge in [-0.05, 0) is 25.1 Å². The molecule has 5 heteroatoms. The van der Waals surface area contributed by atoms with E-state index in [1.54, 1.807) is 6.07 Å². The lowest BCUT2D eigenvalue weighted by Gasteiger charge is -2.01. The van der Waals surface area contributed by atoms with E-state index >= 15 is 0 Å². The molecule has 2 rings (SSSR count). The molecule has 0 amide bonds. The largest absolute Gasteiger partial charge is 0.294 e. The maximum Gasteiger partial charge on any atom is 0.171 e. The van der Waals surface area contributed by atoms with Crippen LogP contribution < -0.4 is 0 Å². The monoisotopic (exact) mass is 313 g/mol. The molecule has 0 saturated heterocycles. The van der Waals surface area contributed by atoms with Crippen molar-refractivity contribution in [2.45, 2.75) is 13.3 Å². The van der Waals surface area contributed by atoms with Gasteiger partial charge in [-0.25, -0.2) is 9.37 Å². The van der Waals surface area contributed by atoms with Crippen LogP contribution in [0.25, 0.3) is 0 Å². The molecule has 0 saturated carbocycles. The molecule has 0 aliphatic heterocycles. The Balaban J connectivity index is 2.20. The number of halogens is 2. The molecule has 1 aromatic heterocycles. The number of carbonyl (C=O) groups is 1. The zero-order chi connectivity index (χ0) is 12.4. The zero-order valence-electron chi connectivity index (χ0n) is 9.04. The van der Waals surface area contributed by atoms with Crippen molar-refractivity contribution >= 4 is 33.0 Å². The van der Waals surface area contributed by atoms with Crippen molar-refractivity contribution in [2.75, 3.05) is 0 Å². The van der Waals surface area contributed by atoms with Crippen molar-refractivity contribution in [2.24, 2.45) is 0 Å². The van der Waals surface area contributed by atoms with Gasteiger partial charge in [-0.2, -0.15) is 0 Å². The number of carbonyl (C=O) groups excluding carboxylic acids is 1. The van der Waals surface area contributed by atoms with E-state index in [9.17, 15) is 9.18 Å². The van der Waals surface area contributed by atoms with Crippen molar-refractivity contribution < 1.29 is 9.18 Å². The number of hydrogen-bond donors (Lipinski definition) is 0. The molecule has 1 aromatic carbocycles. The molecule has 0 bridgehead atoms. The van der Waals surface area contributed by atoms with Crippen LogP contribution in [0.5, 0.6) is 0 Å². The van der Waals surface area contributed by atoms with E-state index in [0.717, 1.165) is 5.01 Å². The summed E-state index contributed by atoms with van der Waals surface area (Å²) in [5, 5.41) is 2.73. The van der Waals surface area contributed by atoms with Crippen LogP contribution in [0.3, 0.4) is 0 Å². The summed E-state index contributed by atoms with van der Waals surface area (Å²) in [6, 6.07) is 4.43. The van der Waals surface area contributed by atoms with Crippen molar-refractivity contribution in [3.63, 3.8) is 0 Å². The maximum absolute atomic E-state index is 13.5. The number of aromatic nitrogens is 1. The van der Waals surface area contributed by atoms with E-state index < -0.39 is 5.82 Å². The number of thiazole rings is 1. The summed E-state index contributed by atoms with van der Waals surface area (Å²) in [5.41, 5.74) is 0.804. The van der Waals surface area contributed by atoms with Gasteiger partial charge < -0.3 is 0 Å². The lowest BCUT2D eigenvalue weighted by Crippen LogP contribution is -2.06. The third-order valence-corrected chi connectivity index (χ3v) is 3.56. The highest BCUT2D eigenvalue weighted by atomic mass is 79.9. The Morgan fingerprint density at radius 1 is 1.53 bits per heavy atom. The van der Waals surface area contributed by atoms with Crippen LogP contribution in [-0.4, -0.2) is 10.8 Å². The second-order valence-corrected chi connectivity index (χ2v) is 5.56. The molecule has 2 aromatic rings. The molecule has 0 fully saturated rings. The highest BCUT2D eigenvalue weighted by Crippen LogP contribution is 2.17. The lowest BCUT2D eigenvalue weighted by atomic mass is 10.1. The normalized spacial score (nSPS) is 10.5. The summed E-state index contributed by atoms with van der Waals surface area (Å²) in [7, 11) is 0. The van der Waals surface area contributed by atoms with Gasteiger partial charge in [-0.15, -0.1) is 11.3 Å². The number of nitrogens with zero attached hydrogens (tertiary/aromatic N) is 1. The Morgan fingerprint density at radius 3 is 2.88 bits per heavy atom. The topological polar surface area (TPSA) is 30.0 Å². The average molecular weight is 314 g/mol. The molecule has 0 unspecified atom stereocenters. The molecule has 2 nitrogen and oxygen atoms in total. The molecule has 0 atom stereocenters. The van der Waals surface area contributed by atoms with Crippen LogP contribution in [0.1, 0.15) is 21.1 Å². The van der Waals surface area contributed by atoms with Gasteiger partial charge in [0.05, 0.1) is 22.7 Å². The minimum absolute atomic E-state index is 0.110. The van der Waals surface area contributed by atoms with Crippen LogP contribution in [0.15, 0.2) is 28.1 Å². The summed E-state index contributed by atoms with van der Waals surface area (Å²) in [5.74, 6) is -0.753. The first-order valence-corrected chi connectivity index (χ1v) is 6.63. The smallest absolute Gasteiger partial charge is 0.171 e. The van der Waals surface area contributed by atoms with E-state index in [-0.39, 0.29) is 17.8 Å². The van der Waals surface area contributed by atoms with E-state index in [0.29, 0.717) is 10.2 Å². The van der Waals surface area contributed by atoms with Crippen molar-refractivity contribution in [3.8, 4) is 0 Å². The fraction of sp³-hybridized carbons (Fsp3) is 0.167. The molecule has 0 aliphatic rings. The van der Waals surface area contributed by atoms with E-state index in [4.69, 9.17) is 0 Å². The standard InChI is InChI=1S/C12H9BrFNOS/c1-7-15-9(6-17-7)5-12(16)10-3-2-8(13)4-11(10)14/h2-4,6H,5H2,1H3. The summed E-state index contributed by atoms with van der Waals surface area (Å²) < 4.78 is 14.2. The number of aryl methyl sites for hydroxylation is 1. The minimum Gasteiger partial charge on any atom is -0.294 e. The Labute approximate surface area is 111 Å². The van der Waals surface area contributed by atoms with Crippen molar-refractivity contribution in [1.29, 1.82) is 0 Å². The van der Waals surface area contributed by atoms with Gasteiger partial charge in [0.1, 0.15) is 5.82 Å². The van der Waals surface area contributed by atoms with Gasteiger partial charge in [0, 0.05) is 9.85 Å². The quantitative estimate of drug-likeness (QED) is 0.807. The fourth-order valence-electron chi connectivity index (χ4n) is 1.46. The lowest BCUT2D eigenvalue weighted by molar-refractivity contribution is 0.0988. The van der Waals surface area contributed by atoms with Crippen LogP contribution >= 0.6 is 27.3 Å². The third kappa shape index (κ3) is 2.98. The van der Waals surface area contributed by atoms with E-state index in [1.165, 1.54) is 23.5 Å². The first-order chi connectivity index (χ1) is 8.06.